The summed E-state index contributed by atoms with van der Waals surface area (Å²) in [5.41, 5.74) is 2.82. The number of fused-ring (bicyclic) bond motifs is 1. The van der Waals surface area contributed by atoms with Crippen molar-refractivity contribution in [1.29, 1.82) is 0 Å². The van der Waals surface area contributed by atoms with Gasteiger partial charge in [0.15, 0.2) is 5.96 Å². The summed E-state index contributed by atoms with van der Waals surface area (Å²) in [5, 5.41) is 5.74. The van der Waals surface area contributed by atoms with Gasteiger partial charge in [-0.1, -0.05) is 24.3 Å². The first kappa shape index (κ1) is 22.0. The number of aliphatic imine (C=N–C) groups is 1. The van der Waals surface area contributed by atoms with Gasteiger partial charge in [-0.15, -0.1) is 24.0 Å². The molecule has 0 fully saturated rings. The number of guanidine groups is 1. The molecule has 142 valence electrons. The number of hydrogen-bond acceptors (Lipinski definition) is 2. The molecule has 0 atom stereocenters. The van der Waals surface area contributed by atoms with E-state index in [4.69, 9.17) is 0 Å². The smallest absolute Gasteiger partial charge is 0.356 e. The molecule has 0 spiro atoms. The maximum Gasteiger partial charge on any atom is 0.390 e. The van der Waals surface area contributed by atoms with Crippen LogP contribution in [0.25, 0.3) is 0 Å². The molecule has 1 aliphatic heterocycles. The Hall–Kier alpha value is -1.03. The Kier molecular flexibility index (Phi) is 9.55. The average Bonchev–Trinajstić information content (AvgIpc) is 2.55. The molecule has 0 aromatic heterocycles. The molecule has 0 saturated heterocycles. The van der Waals surface area contributed by atoms with Gasteiger partial charge in [-0.25, -0.2) is 0 Å². The summed E-state index contributed by atoms with van der Waals surface area (Å²) in [6.45, 7) is 3.50. The Bertz CT molecular complexity index is 549. The number of nitrogens with zero attached hydrogens (tertiary/aromatic N) is 2. The van der Waals surface area contributed by atoms with Crippen molar-refractivity contribution in [2.24, 2.45) is 4.99 Å². The predicted octanol–water partition coefficient (Wildman–Crippen LogP) is 3.17. The van der Waals surface area contributed by atoms with E-state index >= 15 is 0 Å². The second-order valence-electron chi connectivity index (χ2n) is 5.94. The fourth-order valence-electron chi connectivity index (χ4n) is 2.80. The first-order chi connectivity index (χ1) is 11.5. The molecule has 0 radical (unpaired) electrons. The van der Waals surface area contributed by atoms with Gasteiger partial charge in [0.25, 0.3) is 0 Å². The lowest BCUT2D eigenvalue weighted by atomic mass is 10.00. The van der Waals surface area contributed by atoms with E-state index in [0.29, 0.717) is 12.5 Å². The Morgan fingerprint density at radius 1 is 1.16 bits per heavy atom. The molecule has 2 N–H and O–H groups in total. The molecule has 4 nitrogen and oxygen atoms in total. The normalized spacial score (nSPS) is 15.3. The van der Waals surface area contributed by atoms with Crippen molar-refractivity contribution in [2.45, 2.75) is 32.0 Å². The maximum absolute atomic E-state index is 12.1. The minimum atomic E-state index is -4.14. The van der Waals surface area contributed by atoms with Gasteiger partial charge in [0, 0.05) is 39.8 Å². The summed E-state index contributed by atoms with van der Waals surface area (Å²) in [7, 11) is 1.56. The third-order valence-electron chi connectivity index (χ3n) is 4.08. The van der Waals surface area contributed by atoms with Crippen LogP contribution in [-0.4, -0.2) is 50.3 Å². The summed E-state index contributed by atoms with van der Waals surface area (Å²) in [4.78, 5) is 6.34. The van der Waals surface area contributed by atoms with Gasteiger partial charge in [0.1, 0.15) is 0 Å². The Labute approximate surface area is 164 Å². The lowest BCUT2D eigenvalue weighted by Crippen LogP contribution is -2.40. The van der Waals surface area contributed by atoms with E-state index in [-0.39, 0.29) is 30.5 Å². The van der Waals surface area contributed by atoms with E-state index in [1.165, 1.54) is 11.1 Å². The van der Waals surface area contributed by atoms with Crippen molar-refractivity contribution in [1.82, 2.24) is 15.5 Å². The Morgan fingerprint density at radius 2 is 1.84 bits per heavy atom. The largest absolute Gasteiger partial charge is 0.390 e. The monoisotopic (exact) mass is 470 g/mol. The first-order valence-electron chi connectivity index (χ1n) is 8.28. The molecule has 0 bridgehead atoms. The minimum Gasteiger partial charge on any atom is -0.356 e. The van der Waals surface area contributed by atoms with Crippen LogP contribution in [0.2, 0.25) is 0 Å². The second-order valence-corrected chi connectivity index (χ2v) is 5.94. The van der Waals surface area contributed by atoms with Crippen LogP contribution in [-0.2, 0) is 13.0 Å². The molecule has 8 heteroatoms. The summed E-state index contributed by atoms with van der Waals surface area (Å²) < 4.78 is 36.4. The molecular weight excluding hydrogens is 444 g/mol. The lowest BCUT2D eigenvalue weighted by Gasteiger charge is -2.28. The van der Waals surface area contributed by atoms with Gasteiger partial charge in [0.05, 0.1) is 6.42 Å². The number of hydrogen-bond donors (Lipinski definition) is 2. The van der Waals surface area contributed by atoms with Crippen LogP contribution in [0.1, 0.15) is 24.0 Å². The number of benzene rings is 1. The van der Waals surface area contributed by atoms with Gasteiger partial charge >= 0.3 is 6.18 Å². The molecule has 0 amide bonds. The maximum atomic E-state index is 12.1. The number of nitrogens with one attached hydrogen (secondary N) is 2. The van der Waals surface area contributed by atoms with Crippen molar-refractivity contribution in [3.63, 3.8) is 0 Å². The third-order valence-corrected chi connectivity index (χ3v) is 4.08. The molecule has 0 saturated carbocycles. The van der Waals surface area contributed by atoms with Crippen molar-refractivity contribution >= 4 is 29.9 Å². The van der Waals surface area contributed by atoms with Gasteiger partial charge in [-0.3, -0.25) is 9.89 Å². The topological polar surface area (TPSA) is 39.7 Å². The summed E-state index contributed by atoms with van der Waals surface area (Å²) >= 11 is 0. The highest BCUT2D eigenvalue weighted by Gasteiger charge is 2.26. The van der Waals surface area contributed by atoms with Crippen molar-refractivity contribution < 1.29 is 13.2 Å². The highest BCUT2D eigenvalue weighted by Crippen LogP contribution is 2.18. The van der Waals surface area contributed by atoms with E-state index in [0.717, 1.165) is 32.5 Å². The van der Waals surface area contributed by atoms with Crippen LogP contribution in [0, 0.1) is 0 Å². The zero-order valence-corrected chi connectivity index (χ0v) is 16.7. The van der Waals surface area contributed by atoms with E-state index in [1.807, 2.05) is 0 Å². The van der Waals surface area contributed by atoms with E-state index in [9.17, 15) is 13.2 Å². The van der Waals surface area contributed by atoms with Crippen LogP contribution in [0.4, 0.5) is 13.2 Å². The summed E-state index contributed by atoms with van der Waals surface area (Å²) in [6, 6.07) is 8.51. The van der Waals surface area contributed by atoms with Crippen LogP contribution in [0.5, 0.6) is 0 Å². The average molecular weight is 470 g/mol. The number of alkyl halides is 3. The Morgan fingerprint density at radius 3 is 2.52 bits per heavy atom. The molecule has 1 heterocycles. The van der Waals surface area contributed by atoms with Gasteiger partial charge in [-0.05, 0) is 24.0 Å². The zero-order valence-electron chi connectivity index (χ0n) is 14.4. The Balaban J connectivity index is 0.00000312. The van der Waals surface area contributed by atoms with Gasteiger partial charge in [-0.2, -0.15) is 13.2 Å². The molecule has 1 aromatic carbocycles. The van der Waals surface area contributed by atoms with E-state index in [1.54, 1.807) is 7.05 Å². The van der Waals surface area contributed by atoms with Crippen LogP contribution in [0.3, 0.4) is 0 Å². The highest BCUT2D eigenvalue weighted by atomic mass is 127. The SMILES string of the molecule is CN=C(NCCCN1CCc2ccccc2C1)NCCC(F)(F)F.I. The molecular formula is C17H26F3IN4. The zero-order chi connectivity index (χ0) is 17.4. The van der Waals surface area contributed by atoms with Crippen LogP contribution >= 0.6 is 24.0 Å². The third kappa shape index (κ3) is 8.26. The summed E-state index contributed by atoms with van der Waals surface area (Å²) in [5.74, 6) is 0.420. The van der Waals surface area contributed by atoms with E-state index in [2.05, 4.69) is 44.8 Å². The standard InChI is InChI=1S/C17H25F3N4.HI/c1-21-16(23-10-8-17(18,19)20)22-9-4-11-24-12-7-14-5-2-3-6-15(14)13-24;/h2-3,5-6H,4,7-13H2,1H3,(H2,21,22,23);1H. The minimum absolute atomic E-state index is 0. The number of rotatable bonds is 6. The molecule has 0 aliphatic carbocycles. The van der Waals surface area contributed by atoms with Crippen molar-refractivity contribution in [3.05, 3.63) is 35.4 Å². The lowest BCUT2D eigenvalue weighted by molar-refractivity contribution is -0.132. The molecule has 25 heavy (non-hydrogen) atoms. The number of halogens is 4. The van der Waals surface area contributed by atoms with Crippen LogP contribution < -0.4 is 10.6 Å². The van der Waals surface area contributed by atoms with Gasteiger partial charge < -0.3 is 10.6 Å². The fourth-order valence-corrected chi connectivity index (χ4v) is 2.80. The first-order valence-corrected chi connectivity index (χ1v) is 8.28. The van der Waals surface area contributed by atoms with Crippen molar-refractivity contribution in [2.75, 3.05) is 33.2 Å². The fraction of sp³-hybridized carbons (Fsp3) is 0.588. The van der Waals surface area contributed by atoms with Gasteiger partial charge in [0.2, 0.25) is 0 Å². The molecule has 1 aliphatic rings. The van der Waals surface area contributed by atoms with Crippen LogP contribution in [0.15, 0.2) is 29.3 Å². The molecule has 2 rings (SSSR count). The van der Waals surface area contributed by atoms with E-state index < -0.39 is 12.6 Å². The summed E-state index contributed by atoms with van der Waals surface area (Å²) in [6.07, 6.45) is -3.01. The second kappa shape index (κ2) is 10.8. The predicted molar refractivity (Wildman–Crippen MR) is 105 cm³/mol. The highest BCUT2D eigenvalue weighted by molar-refractivity contribution is 14.0. The molecule has 0 unspecified atom stereocenters. The quantitative estimate of drug-likeness (QED) is 0.291. The molecule has 1 aromatic rings. The van der Waals surface area contributed by atoms with Crippen molar-refractivity contribution in [3.8, 4) is 0 Å².